The van der Waals surface area contributed by atoms with Gasteiger partial charge in [-0.15, -0.1) is 0 Å². The van der Waals surface area contributed by atoms with Crippen LogP contribution in [0, 0.1) is 10.1 Å². The Bertz CT molecular complexity index is 809. The van der Waals surface area contributed by atoms with Crippen LogP contribution in [0.2, 0.25) is 5.02 Å². The van der Waals surface area contributed by atoms with E-state index in [-0.39, 0.29) is 37.0 Å². The van der Waals surface area contributed by atoms with Gasteiger partial charge >= 0.3 is 0 Å². The van der Waals surface area contributed by atoms with Crippen LogP contribution in [-0.2, 0) is 4.79 Å². The number of aliphatic hydroxyl groups excluding tert-OH is 1. The molecule has 1 atom stereocenters. The lowest BCUT2D eigenvalue weighted by atomic mass is 10.1. The maximum atomic E-state index is 11.9. The molecule has 0 saturated heterocycles. The largest absolute Gasteiger partial charge is 0.387 e. The number of benzene rings is 2. The van der Waals surface area contributed by atoms with E-state index in [1.54, 1.807) is 24.3 Å². The van der Waals surface area contributed by atoms with Crippen LogP contribution < -0.4 is 10.6 Å². The molecule has 2 amide bonds. The average Bonchev–Trinajstić information content (AvgIpc) is 2.66. The first-order valence-corrected chi connectivity index (χ1v) is 8.47. The fourth-order valence-electron chi connectivity index (χ4n) is 2.23. The number of aliphatic hydroxyl groups is 1. The number of non-ortho nitro benzene ring substituents is 1. The standard InChI is InChI=1S/C18H18ClN3O5/c19-14-5-1-13(2-6-14)18(25)20-10-9-17(24)21-11-16(23)12-3-7-15(8-4-12)22(26)27/h1-8,16,23H,9-11H2,(H,20,25)(H,21,24). The highest BCUT2D eigenvalue weighted by Crippen LogP contribution is 2.17. The lowest BCUT2D eigenvalue weighted by molar-refractivity contribution is -0.384. The van der Waals surface area contributed by atoms with Crippen molar-refractivity contribution in [3.05, 3.63) is 74.8 Å². The SMILES string of the molecule is O=C(CCNC(=O)c1ccc(Cl)cc1)NCC(O)c1ccc([N+](=O)[O-])cc1. The van der Waals surface area contributed by atoms with E-state index in [2.05, 4.69) is 10.6 Å². The van der Waals surface area contributed by atoms with E-state index in [1.165, 1.54) is 24.3 Å². The summed E-state index contributed by atoms with van der Waals surface area (Å²) in [4.78, 5) is 33.8. The van der Waals surface area contributed by atoms with E-state index in [0.29, 0.717) is 16.1 Å². The Morgan fingerprint density at radius 1 is 1.07 bits per heavy atom. The van der Waals surface area contributed by atoms with E-state index in [4.69, 9.17) is 11.6 Å². The van der Waals surface area contributed by atoms with Crippen molar-refractivity contribution in [2.45, 2.75) is 12.5 Å². The Morgan fingerprint density at radius 2 is 1.70 bits per heavy atom. The second kappa shape index (κ2) is 9.65. The van der Waals surface area contributed by atoms with Crippen LogP contribution in [0.5, 0.6) is 0 Å². The molecule has 2 aromatic rings. The molecular weight excluding hydrogens is 374 g/mol. The van der Waals surface area contributed by atoms with Crippen LogP contribution in [0.15, 0.2) is 48.5 Å². The van der Waals surface area contributed by atoms with E-state index < -0.39 is 11.0 Å². The quantitative estimate of drug-likeness (QED) is 0.470. The van der Waals surface area contributed by atoms with E-state index >= 15 is 0 Å². The number of nitrogens with zero attached hydrogens (tertiary/aromatic N) is 1. The molecule has 0 heterocycles. The average molecular weight is 392 g/mol. The fraction of sp³-hybridized carbons (Fsp3) is 0.222. The number of nitro benzene ring substituents is 1. The van der Waals surface area contributed by atoms with Gasteiger partial charge in [0.1, 0.15) is 0 Å². The molecule has 0 aromatic heterocycles. The Kier molecular flexibility index (Phi) is 7.27. The molecule has 1 unspecified atom stereocenters. The van der Waals surface area contributed by atoms with Crippen LogP contribution in [-0.4, -0.2) is 34.9 Å². The summed E-state index contributed by atoms with van der Waals surface area (Å²) in [7, 11) is 0. The number of carbonyl (C=O) groups excluding carboxylic acids is 2. The molecule has 0 fully saturated rings. The second-order valence-corrected chi connectivity index (χ2v) is 6.12. The number of nitrogens with one attached hydrogen (secondary N) is 2. The summed E-state index contributed by atoms with van der Waals surface area (Å²) in [5.74, 6) is -0.655. The van der Waals surface area contributed by atoms with E-state index in [0.717, 1.165) is 0 Å². The van der Waals surface area contributed by atoms with Gasteiger partial charge in [-0.2, -0.15) is 0 Å². The molecule has 0 aliphatic carbocycles. The Labute approximate surface area is 160 Å². The van der Waals surface area contributed by atoms with Crippen molar-refractivity contribution < 1.29 is 19.6 Å². The first-order valence-electron chi connectivity index (χ1n) is 8.09. The number of hydrogen-bond acceptors (Lipinski definition) is 5. The molecular formula is C18H18ClN3O5. The highest BCUT2D eigenvalue weighted by Gasteiger charge is 2.12. The fourth-order valence-corrected chi connectivity index (χ4v) is 2.35. The molecule has 0 saturated carbocycles. The lowest BCUT2D eigenvalue weighted by Crippen LogP contribution is -2.32. The van der Waals surface area contributed by atoms with Crippen LogP contribution in [0.4, 0.5) is 5.69 Å². The highest BCUT2D eigenvalue weighted by atomic mass is 35.5. The van der Waals surface area contributed by atoms with Crippen molar-refractivity contribution in [3.63, 3.8) is 0 Å². The van der Waals surface area contributed by atoms with Gasteiger partial charge in [0.05, 0.1) is 11.0 Å². The third-order valence-electron chi connectivity index (χ3n) is 3.73. The molecule has 0 aliphatic rings. The van der Waals surface area contributed by atoms with Gasteiger partial charge in [0.15, 0.2) is 0 Å². The van der Waals surface area contributed by atoms with Gasteiger partial charge in [-0.05, 0) is 42.0 Å². The summed E-state index contributed by atoms with van der Waals surface area (Å²) < 4.78 is 0. The predicted octanol–water partition coefficient (Wildman–Crippen LogP) is 2.22. The minimum Gasteiger partial charge on any atom is -0.387 e. The third kappa shape index (κ3) is 6.36. The second-order valence-electron chi connectivity index (χ2n) is 5.68. The van der Waals surface area contributed by atoms with Gasteiger partial charge in [0.2, 0.25) is 5.91 Å². The molecule has 0 spiro atoms. The van der Waals surface area contributed by atoms with Gasteiger partial charge in [0, 0.05) is 42.2 Å². The number of amides is 2. The molecule has 0 radical (unpaired) electrons. The molecule has 9 heteroatoms. The molecule has 2 aromatic carbocycles. The summed E-state index contributed by atoms with van der Waals surface area (Å²) in [6.45, 7) is 0.0999. The predicted molar refractivity (Wildman–Crippen MR) is 99.5 cm³/mol. The number of rotatable bonds is 8. The van der Waals surface area contributed by atoms with Crippen molar-refractivity contribution in [2.75, 3.05) is 13.1 Å². The van der Waals surface area contributed by atoms with Crippen molar-refractivity contribution >= 4 is 29.1 Å². The molecule has 27 heavy (non-hydrogen) atoms. The zero-order chi connectivity index (χ0) is 19.8. The molecule has 0 aliphatic heterocycles. The van der Waals surface area contributed by atoms with Crippen molar-refractivity contribution in [3.8, 4) is 0 Å². The Balaban J connectivity index is 1.71. The molecule has 2 rings (SSSR count). The van der Waals surface area contributed by atoms with Gasteiger partial charge in [-0.25, -0.2) is 0 Å². The van der Waals surface area contributed by atoms with E-state index in [1.807, 2.05) is 0 Å². The normalized spacial score (nSPS) is 11.5. The first-order chi connectivity index (χ1) is 12.9. The summed E-state index contributed by atoms with van der Waals surface area (Å²) in [6, 6.07) is 11.8. The summed E-state index contributed by atoms with van der Waals surface area (Å²) >= 11 is 5.75. The van der Waals surface area contributed by atoms with Gasteiger partial charge in [0.25, 0.3) is 11.6 Å². The highest BCUT2D eigenvalue weighted by molar-refractivity contribution is 6.30. The summed E-state index contributed by atoms with van der Waals surface area (Å²) in [5, 5.41) is 26.3. The van der Waals surface area contributed by atoms with Gasteiger partial charge in [-0.3, -0.25) is 19.7 Å². The van der Waals surface area contributed by atoms with Crippen LogP contribution >= 0.6 is 11.6 Å². The summed E-state index contributed by atoms with van der Waals surface area (Å²) in [5.41, 5.74) is 0.816. The minimum absolute atomic E-state index is 0.0399. The smallest absolute Gasteiger partial charge is 0.269 e. The van der Waals surface area contributed by atoms with Crippen LogP contribution in [0.3, 0.4) is 0 Å². The lowest BCUT2D eigenvalue weighted by Gasteiger charge is -2.12. The van der Waals surface area contributed by atoms with Crippen molar-refractivity contribution in [1.82, 2.24) is 10.6 Å². The number of hydrogen-bond donors (Lipinski definition) is 3. The third-order valence-corrected chi connectivity index (χ3v) is 3.98. The number of halogens is 1. The van der Waals surface area contributed by atoms with Gasteiger partial charge in [-0.1, -0.05) is 11.6 Å². The van der Waals surface area contributed by atoms with Crippen molar-refractivity contribution in [2.24, 2.45) is 0 Å². The zero-order valence-corrected chi connectivity index (χ0v) is 15.0. The maximum Gasteiger partial charge on any atom is 0.269 e. The maximum absolute atomic E-state index is 11.9. The number of nitro groups is 1. The zero-order valence-electron chi connectivity index (χ0n) is 14.2. The Hall–Kier alpha value is -2.97. The topological polar surface area (TPSA) is 122 Å². The summed E-state index contributed by atoms with van der Waals surface area (Å²) in [6.07, 6.45) is -0.940. The minimum atomic E-state index is -0.988. The monoisotopic (exact) mass is 391 g/mol. The molecule has 0 bridgehead atoms. The van der Waals surface area contributed by atoms with Crippen molar-refractivity contribution in [1.29, 1.82) is 0 Å². The Morgan fingerprint density at radius 3 is 2.30 bits per heavy atom. The van der Waals surface area contributed by atoms with Crippen LogP contribution in [0.25, 0.3) is 0 Å². The van der Waals surface area contributed by atoms with Crippen LogP contribution in [0.1, 0.15) is 28.4 Å². The first kappa shape index (κ1) is 20.3. The molecule has 3 N–H and O–H groups in total. The molecule has 8 nitrogen and oxygen atoms in total. The molecule has 142 valence electrons. The number of carbonyl (C=O) groups is 2. The van der Waals surface area contributed by atoms with Gasteiger partial charge < -0.3 is 15.7 Å². The van der Waals surface area contributed by atoms with E-state index in [9.17, 15) is 24.8 Å².